The van der Waals surface area contributed by atoms with Gasteiger partial charge in [-0.2, -0.15) is 0 Å². The molecule has 3 heteroatoms. The van der Waals surface area contributed by atoms with Crippen LogP contribution in [0.5, 0.6) is 5.75 Å². The van der Waals surface area contributed by atoms with E-state index in [4.69, 9.17) is 9.47 Å². The number of methoxy groups -OCH3 is 1. The van der Waals surface area contributed by atoms with Crippen molar-refractivity contribution in [2.24, 2.45) is 0 Å². The molecular formula is C14H15BrO2. The van der Waals surface area contributed by atoms with Crippen molar-refractivity contribution in [1.29, 1.82) is 0 Å². The number of halogens is 1. The van der Waals surface area contributed by atoms with Crippen LogP contribution in [0.4, 0.5) is 0 Å². The average molecular weight is 295 g/mol. The van der Waals surface area contributed by atoms with Crippen LogP contribution in [-0.4, -0.2) is 20.3 Å². The van der Waals surface area contributed by atoms with Gasteiger partial charge in [0.05, 0.1) is 11.1 Å². The van der Waals surface area contributed by atoms with E-state index in [1.807, 2.05) is 18.2 Å². The van der Waals surface area contributed by atoms with Crippen LogP contribution in [-0.2, 0) is 4.74 Å². The van der Waals surface area contributed by atoms with E-state index in [-0.39, 0.29) is 0 Å². The Morgan fingerprint density at radius 1 is 1.06 bits per heavy atom. The van der Waals surface area contributed by atoms with E-state index >= 15 is 0 Å². The molecule has 0 saturated carbocycles. The largest absolute Gasteiger partial charge is 0.492 e. The van der Waals surface area contributed by atoms with Crippen LogP contribution in [0.3, 0.4) is 0 Å². The van der Waals surface area contributed by atoms with Crippen molar-refractivity contribution >= 4 is 26.7 Å². The Bertz CT molecular complexity index is 497. The van der Waals surface area contributed by atoms with Crippen molar-refractivity contribution < 1.29 is 9.47 Å². The number of fused-ring (bicyclic) bond motifs is 1. The van der Waals surface area contributed by atoms with E-state index in [0.29, 0.717) is 6.61 Å². The van der Waals surface area contributed by atoms with E-state index in [1.54, 1.807) is 7.11 Å². The summed E-state index contributed by atoms with van der Waals surface area (Å²) in [5.41, 5.74) is 0. The Labute approximate surface area is 110 Å². The number of hydrogen-bond donors (Lipinski definition) is 0. The smallest absolute Gasteiger partial charge is 0.134 e. The van der Waals surface area contributed by atoms with Gasteiger partial charge in [0.25, 0.3) is 0 Å². The summed E-state index contributed by atoms with van der Waals surface area (Å²) >= 11 is 3.59. The monoisotopic (exact) mass is 294 g/mol. The number of rotatable bonds is 5. The van der Waals surface area contributed by atoms with E-state index in [2.05, 4.69) is 34.1 Å². The Morgan fingerprint density at radius 3 is 2.71 bits per heavy atom. The van der Waals surface area contributed by atoms with Gasteiger partial charge in [0.2, 0.25) is 0 Å². The first-order valence-electron chi connectivity index (χ1n) is 5.62. The summed E-state index contributed by atoms with van der Waals surface area (Å²) in [6.45, 7) is 1.40. The molecule has 0 saturated heterocycles. The summed E-state index contributed by atoms with van der Waals surface area (Å²) < 4.78 is 11.7. The first kappa shape index (κ1) is 12.4. The maximum atomic E-state index is 5.72. The van der Waals surface area contributed by atoms with E-state index in [9.17, 15) is 0 Å². The van der Waals surface area contributed by atoms with Crippen LogP contribution < -0.4 is 4.74 Å². The molecule has 0 amide bonds. The molecule has 0 spiro atoms. The summed E-state index contributed by atoms with van der Waals surface area (Å²) in [4.78, 5) is 0. The molecule has 2 aromatic rings. The van der Waals surface area contributed by atoms with Crippen LogP contribution in [0.1, 0.15) is 6.42 Å². The zero-order valence-corrected chi connectivity index (χ0v) is 11.4. The second-order valence-electron chi connectivity index (χ2n) is 3.79. The zero-order chi connectivity index (χ0) is 12.1. The quantitative estimate of drug-likeness (QED) is 0.776. The highest BCUT2D eigenvalue weighted by Crippen LogP contribution is 2.32. The second-order valence-corrected chi connectivity index (χ2v) is 4.59. The van der Waals surface area contributed by atoms with Crippen molar-refractivity contribution in [2.45, 2.75) is 6.42 Å². The van der Waals surface area contributed by atoms with Crippen molar-refractivity contribution in [3.05, 3.63) is 40.9 Å². The van der Waals surface area contributed by atoms with Gasteiger partial charge < -0.3 is 9.47 Å². The summed E-state index contributed by atoms with van der Waals surface area (Å²) in [6, 6.07) is 12.3. The molecular weight excluding hydrogens is 280 g/mol. The van der Waals surface area contributed by atoms with Crippen LogP contribution in [0.15, 0.2) is 40.9 Å². The summed E-state index contributed by atoms with van der Waals surface area (Å²) in [5.74, 6) is 0.889. The molecule has 0 unspecified atom stereocenters. The molecule has 17 heavy (non-hydrogen) atoms. The lowest BCUT2D eigenvalue weighted by Gasteiger charge is -2.10. The molecule has 0 fully saturated rings. The van der Waals surface area contributed by atoms with Crippen molar-refractivity contribution in [3.63, 3.8) is 0 Å². The van der Waals surface area contributed by atoms with E-state index in [1.165, 1.54) is 10.8 Å². The molecule has 2 rings (SSSR count). The molecule has 2 aromatic carbocycles. The van der Waals surface area contributed by atoms with Crippen LogP contribution in [0.25, 0.3) is 10.8 Å². The number of ether oxygens (including phenoxy) is 2. The van der Waals surface area contributed by atoms with E-state index < -0.39 is 0 Å². The molecule has 0 atom stereocenters. The molecule has 2 nitrogen and oxygen atoms in total. The highest BCUT2D eigenvalue weighted by molar-refractivity contribution is 9.10. The number of hydrogen-bond acceptors (Lipinski definition) is 2. The fraction of sp³-hybridized carbons (Fsp3) is 0.286. The third-order valence-corrected chi connectivity index (χ3v) is 3.40. The fourth-order valence-corrected chi connectivity index (χ4v) is 2.32. The van der Waals surface area contributed by atoms with Crippen LogP contribution in [0, 0.1) is 0 Å². The summed E-state index contributed by atoms with van der Waals surface area (Å²) in [7, 11) is 1.70. The van der Waals surface area contributed by atoms with Gasteiger partial charge in [-0.1, -0.05) is 30.3 Å². The fourth-order valence-electron chi connectivity index (χ4n) is 1.71. The minimum Gasteiger partial charge on any atom is -0.492 e. The van der Waals surface area contributed by atoms with Gasteiger partial charge in [-0.25, -0.2) is 0 Å². The molecule has 0 aliphatic heterocycles. The van der Waals surface area contributed by atoms with Gasteiger partial charge in [-0.3, -0.25) is 0 Å². The van der Waals surface area contributed by atoms with Crippen molar-refractivity contribution in [2.75, 3.05) is 20.3 Å². The Hall–Kier alpha value is -1.06. The molecule has 0 aliphatic rings. The van der Waals surface area contributed by atoms with Crippen LogP contribution in [0.2, 0.25) is 0 Å². The minimum atomic E-state index is 0.671. The molecule has 0 N–H and O–H groups in total. The lowest BCUT2D eigenvalue weighted by Crippen LogP contribution is -2.01. The normalized spacial score (nSPS) is 10.7. The van der Waals surface area contributed by atoms with Gasteiger partial charge in [0.1, 0.15) is 5.75 Å². The minimum absolute atomic E-state index is 0.671. The highest BCUT2D eigenvalue weighted by atomic mass is 79.9. The molecule has 0 aromatic heterocycles. The number of benzene rings is 2. The van der Waals surface area contributed by atoms with Gasteiger partial charge in [-0.15, -0.1) is 0 Å². The van der Waals surface area contributed by atoms with E-state index in [0.717, 1.165) is 23.2 Å². The van der Waals surface area contributed by atoms with Gasteiger partial charge in [0.15, 0.2) is 0 Å². The predicted molar refractivity (Wildman–Crippen MR) is 73.6 cm³/mol. The SMILES string of the molecule is COCCCOc1ccc2ccccc2c1Br. The van der Waals surface area contributed by atoms with Gasteiger partial charge >= 0.3 is 0 Å². The standard InChI is InChI=1S/C14H15BrO2/c1-16-9-4-10-17-13-8-7-11-5-2-3-6-12(11)14(13)15/h2-3,5-8H,4,9-10H2,1H3. The highest BCUT2D eigenvalue weighted by Gasteiger charge is 2.05. The first-order valence-corrected chi connectivity index (χ1v) is 6.41. The van der Waals surface area contributed by atoms with Gasteiger partial charge in [-0.05, 0) is 32.8 Å². The predicted octanol–water partition coefficient (Wildman–Crippen LogP) is 4.02. The molecule has 0 heterocycles. The Morgan fingerprint density at radius 2 is 1.88 bits per heavy atom. The van der Waals surface area contributed by atoms with Gasteiger partial charge in [0, 0.05) is 20.1 Å². The average Bonchev–Trinajstić information content (AvgIpc) is 2.37. The molecule has 0 aliphatic carbocycles. The summed E-state index contributed by atoms with van der Waals surface area (Å²) in [6.07, 6.45) is 0.899. The maximum absolute atomic E-state index is 5.72. The maximum Gasteiger partial charge on any atom is 0.134 e. The lowest BCUT2D eigenvalue weighted by molar-refractivity contribution is 0.172. The second kappa shape index (κ2) is 6.03. The lowest BCUT2D eigenvalue weighted by atomic mass is 10.1. The Kier molecular flexibility index (Phi) is 4.40. The third kappa shape index (κ3) is 2.99. The first-order chi connectivity index (χ1) is 8.33. The molecule has 90 valence electrons. The van der Waals surface area contributed by atoms with Crippen molar-refractivity contribution in [3.8, 4) is 5.75 Å². The Balaban J connectivity index is 2.15. The van der Waals surface area contributed by atoms with Crippen molar-refractivity contribution in [1.82, 2.24) is 0 Å². The third-order valence-electron chi connectivity index (χ3n) is 2.58. The van der Waals surface area contributed by atoms with Crippen LogP contribution >= 0.6 is 15.9 Å². The summed E-state index contributed by atoms with van der Waals surface area (Å²) in [5, 5.41) is 2.39. The molecule has 0 bridgehead atoms. The zero-order valence-electron chi connectivity index (χ0n) is 9.78. The molecule has 0 radical (unpaired) electrons. The topological polar surface area (TPSA) is 18.5 Å².